The van der Waals surface area contributed by atoms with Crippen molar-refractivity contribution >= 4 is 16.7 Å². The maximum Gasteiger partial charge on any atom is 0.226 e. The minimum absolute atomic E-state index is 0.00866. The van der Waals surface area contributed by atoms with Gasteiger partial charge in [-0.3, -0.25) is 4.98 Å². The Morgan fingerprint density at radius 2 is 1.92 bits per heavy atom. The van der Waals surface area contributed by atoms with Gasteiger partial charge in [-0.15, -0.1) is 0 Å². The molecule has 0 unspecified atom stereocenters. The number of aryl methyl sites for hydroxylation is 1. The molecule has 5 nitrogen and oxygen atoms in total. The third-order valence-corrected chi connectivity index (χ3v) is 8.09. The summed E-state index contributed by atoms with van der Waals surface area (Å²) >= 11 is 0. The quantitative estimate of drug-likeness (QED) is 0.297. The number of aromatic nitrogens is 3. The van der Waals surface area contributed by atoms with Gasteiger partial charge in [-0.2, -0.15) is 0 Å². The van der Waals surface area contributed by atoms with E-state index in [0.717, 1.165) is 39.7 Å². The van der Waals surface area contributed by atoms with Gasteiger partial charge < -0.3 is 4.79 Å². The summed E-state index contributed by atoms with van der Waals surface area (Å²) in [5.74, 6) is -0.279. The molecule has 0 aliphatic heterocycles. The Morgan fingerprint density at radius 3 is 2.70 bits per heavy atom. The number of fused-ring (bicyclic) bond motifs is 4. The van der Waals surface area contributed by atoms with Crippen LogP contribution in [-0.4, -0.2) is 20.7 Å². The minimum Gasteiger partial charge on any atom is -0.308 e. The summed E-state index contributed by atoms with van der Waals surface area (Å²) in [6, 6.07) is 14.6. The van der Waals surface area contributed by atoms with Crippen LogP contribution in [0.3, 0.4) is 0 Å². The van der Waals surface area contributed by atoms with Gasteiger partial charge in [0.05, 0.1) is 23.5 Å². The first-order chi connectivity index (χ1) is 17.8. The zero-order valence-corrected chi connectivity index (χ0v) is 20.9. The molecule has 4 aromatic rings. The molecule has 182 valence electrons. The van der Waals surface area contributed by atoms with Gasteiger partial charge in [-0.1, -0.05) is 43.7 Å². The second-order valence-corrected chi connectivity index (χ2v) is 10.3. The SMILES string of the molecule is [C-]#[N+]C1=C[C@@]2(C)c3nc(-c4ccnc5ccc(C)cc45)nc(-c4ccccc4F)c3CC[C@@H]2[C@@H](C)C1=O. The highest BCUT2D eigenvalue weighted by Crippen LogP contribution is 2.51. The molecule has 6 rings (SSSR count). The van der Waals surface area contributed by atoms with Crippen LogP contribution in [0.2, 0.25) is 0 Å². The first-order valence-corrected chi connectivity index (χ1v) is 12.5. The molecule has 6 heteroatoms. The third kappa shape index (κ3) is 3.49. The fourth-order valence-corrected chi connectivity index (χ4v) is 6.20. The molecular formula is C31H25FN4O. The zero-order chi connectivity index (χ0) is 25.9. The molecule has 0 fully saturated rings. The van der Waals surface area contributed by atoms with Crippen LogP contribution in [0.25, 0.3) is 38.4 Å². The van der Waals surface area contributed by atoms with Crippen LogP contribution in [0.1, 0.15) is 37.1 Å². The van der Waals surface area contributed by atoms with E-state index in [4.69, 9.17) is 16.5 Å². The summed E-state index contributed by atoms with van der Waals surface area (Å²) in [5, 5.41) is 0.920. The lowest BCUT2D eigenvalue weighted by Crippen LogP contribution is -2.46. The van der Waals surface area contributed by atoms with E-state index in [1.807, 2.05) is 38.1 Å². The highest BCUT2D eigenvalue weighted by atomic mass is 19.1. The molecule has 2 aromatic heterocycles. The largest absolute Gasteiger partial charge is 0.308 e. The fraction of sp³-hybridized carbons (Fsp3) is 0.258. The molecule has 0 N–H and O–H groups in total. The van der Waals surface area contributed by atoms with Gasteiger partial charge in [-0.05, 0) is 56.0 Å². The third-order valence-electron chi connectivity index (χ3n) is 8.09. The highest BCUT2D eigenvalue weighted by molar-refractivity contribution is 6.00. The number of carbonyl (C=O) groups is 1. The molecule has 0 spiro atoms. The Bertz CT molecular complexity index is 1680. The number of hydrogen-bond acceptors (Lipinski definition) is 4. The van der Waals surface area contributed by atoms with Crippen molar-refractivity contribution < 1.29 is 9.18 Å². The summed E-state index contributed by atoms with van der Waals surface area (Å²) < 4.78 is 15.2. The van der Waals surface area contributed by atoms with Gasteiger partial charge in [0.1, 0.15) is 5.82 Å². The molecule has 2 aliphatic rings. The Morgan fingerprint density at radius 1 is 1.11 bits per heavy atom. The summed E-state index contributed by atoms with van der Waals surface area (Å²) in [4.78, 5) is 31.1. The van der Waals surface area contributed by atoms with E-state index in [2.05, 4.69) is 22.8 Å². The average molecular weight is 489 g/mol. The minimum atomic E-state index is -0.656. The number of halogens is 1. The Labute approximate surface area is 214 Å². The smallest absolute Gasteiger partial charge is 0.226 e. The zero-order valence-electron chi connectivity index (χ0n) is 20.9. The van der Waals surface area contributed by atoms with E-state index in [9.17, 15) is 4.79 Å². The molecule has 0 saturated heterocycles. The Balaban J connectivity index is 1.70. The van der Waals surface area contributed by atoms with E-state index >= 15 is 4.39 Å². The second kappa shape index (κ2) is 8.41. The second-order valence-electron chi connectivity index (χ2n) is 10.3. The molecule has 0 amide bonds. The summed E-state index contributed by atoms with van der Waals surface area (Å²) in [5.41, 5.74) is 4.86. The molecule has 0 saturated carbocycles. The van der Waals surface area contributed by atoms with E-state index in [1.165, 1.54) is 6.07 Å². The number of benzene rings is 2. The van der Waals surface area contributed by atoms with Gasteiger partial charge in [0.15, 0.2) is 11.6 Å². The number of pyridine rings is 1. The van der Waals surface area contributed by atoms with Crippen molar-refractivity contribution in [2.75, 3.05) is 0 Å². The van der Waals surface area contributed by atoms with Crippen LogP contribution in [0.5, 0.6) is 0 Å². The summed E-state index contributed by atoms with van der Waals surface area (Å²) in [6.07, 6.45) is 4.90. The van der Waals surface area contributed by atoms with Gasteiger partial charge in [0, 0.05) is 39.6 Å². The van der Waals surface area contributed by atoms with Crippen molar-refractivity contribution in [3.63, 3.8) is 0 Å². The van der Waals surface area contributed by atoms with E-state index in [-0.39, 0.29) is 29.1 Å². The number of hydrogen-bond donors (Lipinski definition) is 0. The molecule has 37 heavy (non-hydrogen) atoms. The number of Topliss-reactive ketones (excluding diaryl/α,β-unsaturated/α-hetero) is 1. The van der Waals surface area contributed by atoms with Gasteiger partial charge in [-0.25, -0.2) is 19.2 Å². The Hall–Kier alpha value is -4.24. The first-order valence-electron chi connectivity index (χ1n) is 12.5. The van der Waals surface area contributed by atoms with Crippen molar-refractivity contribution in [2.45, 2.75) is 39.0 Å². The van der Waals surface area contributed by atoms with Crippen LogP contribution < -0.4 is 0 Å². The van der Waals surface area contributed by atoms with E-state index in [0.29, 0.717) is 23.5 Å². The molecule has 2 heterocycles. The molecule has 0 radical (unpaired) electrons. The molecule has 3 atom stereocenters. The highest BCUT2D eigenvalue weighted by Gasteiger charge is 2.49. The first kappa shape index (κ1) is 23.2. The molecule has 2 aromatic carbocycles. The van der Waals surface area contributed by atoms with Crippen molar-refractivity contribution in [2.24, 2.45) is 11.8 Å². The topological polar surface area (TPSA) is 60.1 Å². The maximum absolute atomic E-state index is 15.2. The number of allylic oxidation sites excluding steroid dienone is 2. The standard InChI is InChI=1S/C31H25FN4O/c1-17-9-12-25-22(15-17)19(13-14-34-25)30-35-27(20-7-5-6-8-24(20)32)21-10-11-23-18(2)28(37)26(33-4)16-31(23,3)29(21)36-30/h5-9,12-16,18,23H,10-11H2,1-3H3/t18-,23-,31-/m1/s1. The Kier molecular flexibility index (Phi) is 5.27. The summed E-state index contributed by atoms with van der Waals surface area (Å²) in [6.45, 7) is 13.6. The van der Waals surface area contributed by atoms with Gasteiger partial charge >= 0.3 is 0 Å². The number of carbonyl (C=O) groups excluding carboxylic acids is 1. The number of nitrogens with zero attached hydrogens (tertiary/aromatic N) is 4. The molecule has 2 aliphatic carbocycles. The van der Waals surface area contributed by atoms with Crippen LogP contribution in [0.15, 0.2) is 66.5 Å². The molecule has 0 bridgehead atoms. The van der Waals surface area contributed by atoms with Crippen LogP contribution in [-0.2, 0) is 16.6 Å². The lowest BCUT2D eigenvalue weighted by atomic mass is 9.58. The summed E-state index contributed by atoms with van der Waals surface area (Å²) in [7, 11) is 0. The monoisotopic (exact) mass is 488 g/mol. The van der Waals surface area contributed by atoms with E-state index < -0.39 is 5.41 Å². The van der Waals surface area contributed by atoms with Crippen molar-refractivity contribution in [1.29, 1.82) is 0 Å². The van der Waals surface area contributed by atoms with Crippen LogP contribution >= 0.6 is 0 Å². The predicted molar refractivity (Wildman–Crippen MR) is 141 cm³/mol. The predicted octanol–water partition coefficient (Wildman–Crippen LogP) is 6.65. The lowest BCUT2D eigenvalue weighted by molar-refractivity contribution is -0.121. The lowest BCUT2D eigenvalue weighted by Gasteiger charge is -2.46. The van der Waals surface area contributed by atoms with Gasteiger partial charge in [0.2, 0.25) is 5.70 Å². The number of ketones is 1. The van der Waals surface area contributed by atoms with Crippen molar-refractivity contribution in [3.05, 3.63) is 101 Å². The maximum atomic E-state index is 15.2. The van der Waals surface area contributed by atoms with Crippen LogP contribution in [0.4, 0.5) is 4.39 Å². The number of rotatable bonds is 2. The normalized spacial score (nSPS) is 22.7. The molecular weight excluding hydrogens is 463 g/mol. The average Bonchev–Trinajstić information content (AvgIpc) is 2.90. The van der Waals surface area contributed by atoms with Crippen molar-refractivity contribution in [1.82, 2.24) is 15.0 Å². The van der Waals surface area contributed by atoms with Gasteiger partial charge in [0.25, 0.3) is 0 Å². The van der Waals surface area contributed by atoms with E-state index in [1.54, 1.807) is 24.4 Å². The van der Waals surface area contributed by atoms with Crippen molar-refractivity contribution in [3.8, 4) is 22.6 Å². The fourth-order valence-electron chi connectivity index (χ4n) is 6.20. The van der Waals surface area contributed by atoms with Crippen LogP contribution in [0, 0.1) is 31.1 Å².